The summed E-state index contributed by atoms with van der Waals surface area (Å²) in [6.45, 7) is 0.461. The zero-order valence-electron chi connectivity index (χ0n) is 20.2. The van der Waals surface area contributed by atoms with Gasteiger partial charge in [-0.15, -0.1) is 0 Å². The van der Waals surface area contributed by atoms with Crippen molar-refractivity contribution >= 4 is 41.4 Å². The third-order valence-corrected chi connectivity index (χ3v) is 5.83. The third kappa shape index (κ3) is 11.5. The number of imidazole rings is 1. The highest BCUT2D eigenvalue weighted by atomic mass is 32.2. The number of rotatable bonds is 18. The number of H-pyrrole nitrogens is 1. The van der Waals surface area contributed by atoms with Crippen LogP contribution in [0, 0.1) is 0 Å². The summed E-state index contributed by atoms with van der Waals surface area (Å²) in [5.41, 5.74) is 17.2. The van der Waals surface area contributed by atoms with Crippen LogP contribution in [0.5, 0.6) is 0 Å². The Hall–Kier alpha value is -3.17. The quantitative estimate of drug-likeness (QED) is 0.0936. The van der Waals surface area contributed by atoms with E-state index in [2.05, 4.69) is 25.9 Å². The van der Waals surface area contributed by atoms with E-state index in [0.29, 0.717) is 37.3 Å². The van der Waals surface area contributed by atoms with E-state index in [1.807, 2.05) is 0 Å². The Bertz CT molecular complexity index is 869. The number of hydrogen-bond donors (Lipinski definition) is 8. The Kier molecular flexibility index (Phi) is 14.1. The maximum Gasteiger partial charge on any atom is 0.326 e. The van der Waals surface area contributed by atoms with Crippen molar-refractivity contribution in [3.63, 3.8) is 0 Å². The summed E-state index contributed by atoms with van der Waals surface area (Å²) < 4.78 is 0. The molecule has 0 aliphatic carbocycles. The number of carbonyl (C=O) groups excluding carboxylic acids is 4. The Labute approximate surface area is 213 Å². The van der Waals surface area contributed by atoms with Crippen molar-refractivity contribution in [2.45, 2.75) is 62.7 Å². The van der Waals surface area contributed by atoms with Crippen molar-refractivity contribution in [3.8, 4) is 0 Å². The molecule has 36 heavy (non-hydrogen) atoms. The van der Waals surface area contributed by atoms with Gasteiger partial charge in [-0.2, -0.15) is 11.8 Å². The van der Waals surface area contributed by atoms with E-state index >= 15 is 0 Å². The van der Waals surface area contributed by atoms with Gasteiger partial charge in [0.05, 0.1) is 18.8 Å². The molecule has 15 heteroatoms. The van der Waals surface area contributed by atoms with Crippen LogP contribution in [0.1, 0.15) is 37.8 Å². The van der Waals surface area contributed by atoms with Crippen molar-refractivity contribution in [2.24, 2.45) is 17.2 Å². The number of nitrogens with two attached hydrogens (primary N) is 3. The van der Waals surface area contributed by atoms with E-state index in [4.69, 9.17) is 17.2 Å². The second-order valence-corrected chi connectivity index (χ2v) is 9.13. The van der Waals surface area contributed by atoms with Crippen LogP contribution < -0.4 is 33.2 Å². The molecule has 1 rings (SSSR count). The molecule has 0 aromatic carbocycles. The van der Waals surface area contributed by atoms with Crippen LogP contribution in [0.2, 0.25) is 0 Å². The van der Waals surface area contributed by atoms with Crippen LogP contribution in [0.3, 0.4) is 0 Å². The molecule has 0 radical (unpaired) electrons. The number of aromatic amines is 1. The van der Waals surface area contributed by atoms with Gasteiger partial charge in [0, 0.05) is 18.3 Å². The second-order valence-electron chi connectivity index (χ2n) is 8.15. The van der Waals surface area contributed by atoms with E-state index in [0.717, 1.165) is 0 Å². The summed E-state index contributed by atoms with van der Waals surface area (Å²) in [6.07, 6.45) is 5.88. The molecule has 4 unspecified atom stereocenters. The molecule has 202 valence electrons. The summed E-state index contributed by atoms with van der Waals surface area (Å²) in [6, 6.07) is -4.73. The van der Waals surface area contributed by atoms with E-state index < -0.39 is 60.2 Å². The number of aliphatic carboxylic acids is 1. The van der Waals surface area contributed by atoms with Gasteiger partial charge in [-0.25, -0.2) is 9.78 Å². The topological polar surface area (TPSA) is 248 Å². The van der Waals surface area contributed by atoms with Gasteiger partial charge in [-0.3, -0.25) is 19.2 Å². The minimum atomic E-state index is -1.45. The van der Waals surface area contributed by atoms with Crippen LogP contribution >= 0.6 is 11.8 Å². The zero-order chi connectivity index (χ0) is 27.1. The smallest absolute Gasteiger partial charge is 0.326 e. The van der Waals surface area contributed by atoms with Gasteiger partial charge in [0.1, 0.15) is 18.1 Å². The molecule has 1 aromatic rings. The fourth-order valence-electron chi connectivity index (χ4n) is 3.19. The van der Waals surface area contributed by atoms with Gasteiger partial charge in [-0.05, 0) is 37.8 Å². The SMILES string of the molecule is CSCCC(NC(=O)C(CC(N)=O)NC(=O)C(Cc1cnc[nH]1)NC(=O)C(N)CCCCN)C(=O)O. The minimum Gasteiger partial charge on any atom is -0.480 e. The van der Waals surface area contributed by atoms with Crippen molar-refractivity contribution in [3.05, 3.63) is 18.2 Å². The number of thioether (sulfide) groups is 1. The summed E-state index contributed by atoms with van der Waals surface area (Å²) in [5, 5.41) is 16.7. The van der Waals surface area contributed by atoms with Gasteiger partial charge < -0.3 is 43.2 Å². The first kappa shape index (κ1) is 30.9. The van der Waals surface area contributed by atoms with E-state index in [1.165, 1.54) is 24.3 Å². The number of amides is 4. The number of hydrogen-bond acceptors (Lipinski definition) is 9. The van der Waals surface area contributed by atoms with Crippen LogP contribution in [-0.4, -0.2) is 87.4 Å². The Morgan fingerprint density at radius 1 is 1.03 bits per heavy atom. The number of primary amides is 1. The minimum absolute atomic E-state index is 0.0104. The van der Waals surface area contributed by atoms with Gasteiger partial charge in [0.2, 0.25) is 23.6 Å². The fourth-order valence-corrected chi connectivity index (χ4v) is 3.66. The molecule has 0 saturated heterocycles. The first-order valence-corrected chi connectivity index (χ1v) is 12.8. The monoisotopic (exact) mass is 528 g/mol. The van der Waals surface area contributed by atoms with Crippen molar-refractivity contribution in [1.29, 1.82) is 0 Å². The van der Waals surface area contributed by atoms with E-state index in [-0.39, 0.29) is 12.8 Å². The molecule has 11 N–H and O–H groups in total. The number of nitrogens with one attached hydrogen (secondary N) is 4. The molecule has 0 saturated carbocycles. The standard InChI is InChI=1S/C21H36N8O6S/c1-36-7-5-14(21(34)35)27-20(33)16(9-17(24)30)29-19(32)15(8-12-10-25-11-26-12)28-18(31)13(23)4-2-3-6-22/h10-11,13-16H,2-9,22-23H2,1H3,(H2,24,30)(H,25,26)(H,27,33)(H,28,31)(H,29,32)(H,34,35). The average Bonchev–Trinajstić information content (AvgIpc) is 3.33. The maximum absolute atomic E-state index is 13.1. The predicted molar refractivity (Wildman–Crippen MR) is 133 cm³/mol. The normalized spacial score (nSPS) is 14.2. The van der Waals surface area contributed by atoms with Crippen molar-refractivity contribution < 1.29 is 29.1 Å². The fraction of sp³-hybridized carbons (Fsp3) is 0.619. The summed E-state index contributed by atoms with van der Waals surface area (Å²) in [5.74, 6) is -3.93. The molecule has 14 nitrogen and oxygen atoms in total. The maximum atomic E-state index is 13.1. The lowest BCUT2D eigenvalue weighted by Gasteiger charge is -2.24. The average molecular weight is 529 g/mol. The van der Waals surface area contributed by atoms with Crippen LogP contribution in [-0.2, 0) is 30.4 Å². The number of aromatic nitrogens is 2. The molecule has 4 amide bonds. The molecule has 1 heterocycles. The molecule has 4 atom stereocenters. The molecule has 0 aliphatic heterocycles. The Balaban J connectivity index is 3.00. The highest BCUT2D eigenvalue weighted by Gasteiger charge is 2.31. The van der Waals surface area contributed by atoms with E-state index in [1.54, 1.807) is 6.26 Å². The summed E-state index contributed by atoms with van der Waals surface area (Å²) >= 11 is 1.40. The highest BCUT2D eigenvalue weighted by molar-refractivity contribution is 7.98. The molecule has 0 bridgehead atoms. The Morgan fingerprint density at radius 3 is 2.22 bits per heavy atom. The van der Waals surface area contributed by atoms with Gasteiger partial charge in [-0.1, -0.05) is 6.42 Å². The highest BCUT2D eigenvalue weighted by Crippen LogP contribution is 2.06. The molecular weight excluding hydrogens is 492 g/mol. The second kappa shape index (κ2) is 16.5. The third-order valence-electron chi connectivity index (χ3n) is 5.18. The van der Waals surface area contributed by atoms with Gasteiger partial charge in [0.25, 0.3) is 0 Å². The largest absolute Gasteiger partial charge is 0.480 e. The van der Waals surface area contributed by atoms with Crippen LogP contribution in [0.25, 0.3) is 0 Å². The zero-order valence-corrected chi connectivity index (χ0v) is 21.0. The molecule has 0 spiro atoms. The molecule has 0 fully saturated rings. The summed E-state index contributed by atoms with van der Waals surface area (Å²) in [4.78, 5) is 68.3. The van der Waals surface area contributed by atoms with Crippen molar-refractivity contribution in [1.82, 2.24) is 25.9 Å². The predicted octanol–water partition coefficient (Wildman–Crippen LogP) is -2.42. The molecular formula is C21H36N8O6S. The molecule has 1 aromatic heterocycles. The number of carboxylic acids is 1. The lowest BCUT2D eigenvalue weighted by molar-refractivity contribution is -0.142. The lowest BCUT2D eigenvalue weighted by Crippen LogP contribution is -2.58. The number of carboxylic acid groups (broad SMARTS) is 1. The first-order valence-electron chi connectivity index (χ1n) is 11.4. The number of unbranched alkanes of at least 4 members (excludes halogenated alkanes) is 1. The number of nitrogens with zero attached hydrogens (tertiary/aromatic N) is 1. The lowest BCUT2D eigenvalue weighted by atomic mass is 10.1. The van der Waals surface area contributed by atoms with Gasteiger partial charge in [0.15, 0.2) is 0 Å². The summed E-state index contributed by atoms with van der Waals surface area (Å²) in [7, 11) is 0. The van der Waals surface area contributed by atoms with Crippen LogP contribution in [0.4, 0.5) is 0 Å². The van der Waals surface area contributed by atoms with Crippen molar-refractivity contribution in [2.75, 3.05) is 18.6 Å². The first-order chi connectivity index (χ1) is 17.1. The van der Waals surface area contributed by atoms with Crippen LogP contribution in [0.15, 0.2) is 12.5 Å². The van der Waals surface area contributed by atoms with E-state index in [9.17, 15) is 29.1 Å². The molecule has 0 aliphatic rings. The van der Waals surface area contributed by atoms with Gasteiger partial charge >= 0.3 is 5.97 Å². The Morgan fingerprint density at radius 2 is 1.67 bits per heavy atom. The number of carbonyl (C=O) groups is 5.